The molecule has 12 heteroatoms. The van der Waals surface area contributed by atoms with Crippen LogP contribution >= 0.6 is 0 Å². The summed E-state index contributed by atoms with van der Waals surface area (Å²) in [5, 5.41) is 55.0. The predicted octanol–water partition coefficient (Wildman–Crippen LogP) is 3.09. The third-order valence-electron chi connectivity index (χ3n) is 8.83. The number of aromatic hydroxyl groups is 1. The minimum absolute atomic E-state index is 0.0166. The van der Waals surface area contributed by atoms with Crippen LogP contribution in [0, 0.1) is 17.8 Å². The molecule has 2 aliphatic carbocycles. The van der Waals surface area contributed by atoms with Crippen molar-refractivity contribution in [3.63, 3.8) is 0 Å². The topological polar surface area (TPSA) is 169 Å². The van der Waals surface area contributed by atoms with Gasteiger partial charge in [-0.1, -0.05) is 29.3 Å². The zero-order valence-corrected chi connectivity index (χ0v) is 24.1. The van der Waals surface area contributed by atoms with Gasteiger partial charge in [0.25, 0.3) is 0 Å². The smallest absolute Gasteiger partial charge is 0.358 e. The fourth-order valence-electron chi connectivity index (χ4n) is 7.08. The summed E-state index contributed by atoms with van der Waals surface area (Å²) >= 11 is 0. The molecule has 12 nitrogen and oxygen atoms in total. The van der Waals surface area contributed by atoms with Crippen molar-refractivity contribution in [1.29, 1.82) is 0 Å². The molecule has 1 saturated carbocycles. The largest absolute Gasteiger partial charge is 0.508 e. The number of aromatic nitrogens is 3. The van der Waals surface area contributed by atoms with Crippen molar-refractivity contribution < 1.29 is 39.5 Å². The molecule has 1 aromatic heterocycles. The maximum atomic E-state index is 12.7. The molecule has 5 rings (SSSR count). The first-order valence-corrected chi connectivity index (χ1v) is 14.7. The average molecular weight is 585 g/mol. The zero-order valence-electron chi connectivity index (χ0n) is 24.1. The highest BCUT2D eigenvalue weighted by Gasteiger charge is 2.63. The third-order valence-corrected chi connectivity index (χ3v) is 8.83. The Hall–Kier alpha value is -3.48. The molecule has 228 valence electrons. The number of phenols is 1. The van der Waals surface area contributed by atoms with E-state index in [4.69, 9.17) is 14.3 Å². The van der Waals surface area contributed by atoms with E-state index in [1.54, 1.807) is 12.1 Å². The predicted molar refractivity (Wildman–Crippen MR) is 151 cm³/mol. The normalized spacial score (nSPS) is 28.8. The number of hydrogen-bond acceptors (Lipinski definition) is 11. The van der Waals surface area contributed by atoms with E-state index in [1.165, 1.54) is 24.1 Å². The molecule has 2 heterocycles. The average Bonchev–Trinajstić information content (AvgIpc) is 3.47. The van der Waals surface area contributed by atoms with Crippen molar-refractivity contribution in [2.75, 3.05) is 26.9 Å². The summed E-state index contributed by atoms with van der Waals surface area (Å²) in [4.78, 5) is 18.2. The number of aliphatic hydroxyl groups excluding tert-OH is 2. The molecule has 6 atom stereocenters. The van der Waals surface area contributed by atoms with Crippen LogP contribution in [0.5, 0.6) is 11.5 Å². The maximum Gasteiger partial charge on any atom is 0.358 e. The molecule has 0 unspecified atom stereocenters. The molecule has 0 saturated heterocycles. The van der Waals surface area contributed by atoms with Crippen LogP contribution in [-0.4, -0.2) is 79.8 Å². The molecule has 4 N–H and O–H groups in total. The molecule has 3 aliphatic rings. The number of carbonyl (C=O) groups excluding carboxylic acids is 1. The number of allylic oxidation sites excluding steroid dienone is 1. The van der Waals surface area contributed by atoms with Gasteiger partial charge in [0.2, 0.25) is 5.79 Å². The Bertz CT molecular complexity index is 1330. The summed E-state index contributed by atoms with van der Waals surface area (Å²) in [5.74, 6) is -2.85. The second-order valence-corrected chi connectivity index (χ2v) is 11.2. The molecule has 2 aromatic rings. The standard InChI is InChI=1S/C30H40N4O8/c1-3-41-32-23-16-26(34-24(17-31-33-34)29(38)40-2)30(39)28-21(23)14-18(8-4-6-12-35)20(9-5-7-13-36)27(28)22-15-19(37)10-11-25(22)42-30/h10-11,14-15,17-18,20,26-28,35-37,39H,3-9,12-13,16H2,1-2H3/t18-,20+,26-,27+,28+,30+/m0/s1. The monoisotopic (exact) mass is 584 g/mol. The van der Waals surface area contributed by atoms with Crippen LogP contribution in [0.25, 0.3) is 0 Å². The van der Waals surface area contributed by atoms with Crippen LogP contribution in [0.3, 0.4) is 0 Å². The number of nitrogens with zero attached hydrogens (tertiary/aromatic N) is 4. The lowest BCUT2D eigenvalue weighted by Gasteiger charge is -2.56. The van der Waals surface area contributed by atoms with Crippen LogP contribution in [-0.2, 0) is 9.57 Å². The summed E-state index contributed by atoms with van der Waals surface area (Å²) in [5.41, 5.74) is 2.25. The van der Waals surface area contributed by atoms with Gasteiger partial charge in [-0.15, -0.1) is 5.10 Å². The lowest BCUT2D eigenvalue weighted by atomic mass is 9.55. The van der Waals surface area contributed by atoms with Crippen molar-refractivity contribution in [3.05, 3.63) is 47.3 Å². The van der Waals surface area contributed by atoms with Gasteiger partial charge >= 0.3 is 5.97 Å². The minimum atomic E-state index is -1.87. The lowest BCUT2D eigenvalue weighted by molar-refractivity contribution is -0.225. The molecular formula is C30H40N4O8. The number of phenolic OH excluding ortho intramolecular Hbond substituents is 1. The second kappa shape index (κ2) is 12.8. The number of hydrogen-bond donors (Lipinski definition) is 4. The van der Waals surface area contributed by atoms with Gasteiger partial charge in [-0.3, -0.25) is 0 Å². The summed E-state index contributed by atoms with van der Waals surface area (Å²) < 4.78 is 12.8. The van der Waals surface area contributed by atoms with E-state index in [9.17, 15) is 25.2 Å². The summed E-state index contributed by atoms with van der Waals surface area (Å²) in [6, 6.07) is 3.97. The van der Waals surface area contributed by atoms with Gasteiger partial charge in [0.15, 0.2) is 5.69 Å². The van der Waals surface area contributed by atoms with Gasteiger partial charge in [-0.2, -0.15) is 0 Å². The van der Waals surface area contributed by atoms with Crippen LogP contribution in [0.4, 0.5) is 0 Å². The van der Waals surface area contributed by atoms with Crippen LogP contribution in [0.2, 0.25) is 0 Å². The molecule has 0 radical (unpaired) electrons. The number of methoxy groups -OCH3 is 1. The Morgan fingerprint density at radius 3 is 2.67 bits per heavy atom. The van der Waals surface area contributed by atoms with Crippen molar-refractivity contribution in [3.8, 4) is 11.5 Å². The van der Waals surface area contributed by atoms with Gasteiger partial charge in [-0.05, 0) is 68.2 Å². The number of benzene rings is 1. The van der Waals surface area contributed by atoms with Crippen LogP contribution < -0.4 is 4.74 Å². The summed E-state index contributed by atoms with van der Waals surface area (Å²) in [6.07, 6.45) is 8.08. The summed E-state index contributed by atoms with van der Waals surface area (Å²) in [7, 11) is 1.27. The zero-order chi connectivity index (χ0) is 29.9. The van der Waals surface area contributed by atoms with E-state index < -0.39 is 23.7 Å². The fourth-order valence-corrected chi connectivity index (χ4v) is 7.08. The van der Waals surface area contributed by atoms with Crippen molar-refractivity contribution in [1.82, 2.24) is 15.0 Å². The molecule has 0 bridgehead atoms. The van der Waals surface area contributed by atoms with E-state index in [0.717, 1.165) is 36.8 Å². The van der Waals surface area contributed by atoms with Crippen LogP contribution in [0.1, 0.15) is 79.9 Å². The quantitative estimate of drug-likeness (QED) is 0.165. The van der Waals surface area contributed by atoms with Gasteiger partial charge in [0.1, 0.15) is 24.1 Å². The Morgan fingerprint density at radius 2 is 1.95 bits per heavy atom. The highest BCUT2D eigenvalue weighted by molar-refractivity contribution is 6.02. The Morgan fingerprint density at radius 1 is 1.19 bits per heavy atom. The van der Waals surface area contributed by atoms with E-state index in [-0.39, 0.29) is 48.8 Å². The number of esters is 1. The van der Waals surface area contributed by atoms with E-state index in [0.29, 0.717) is 30.9 Å². The first-order valence-electron chi connectivity index (χ1n) is 14.7. The van der Waals surface area contributed by atoms with Gasteiger partial charge in [-0.25, -0.2) is 9.48 Å². The number of rotatable bonds is 12. The Labute approximate surface area is 244 Å². The molecule has 0 amide bonds. The lowest BCUT2D eigenvalue weighted by Crippen LogP contribution is -2.62. The van der Waals surface area contributed by atoms with Crippen LogP contribution in [0.15, 0.2) is 41.2 Å². The first kappa shape index (κ1) is 30.0. The van der Waals surface area contributed by atoms with Crippen molar-refractivity contribution in [2.24, 2.45) is 22.9 Å². The van der Waals surface area contributed by atoms with Gasteiger partial charge in [0, 0.05) is 31.1 Å². The summed E-state index contributed by atoms with van der Waals surface area (Å²) in [6.45, 7) is 2.36. The molecule has 0 spiro atoms. The number of fused-ring (bicyclic) bond motifs is 2. The number of carbonyl (C=O) groups is 1. The maximum absolute atomic E-state index is 12.7. The highest BCUT2D eigenvalue weighted by atomic mass is 16.6. The van der Waals surface area contributed by atoms with Crippen molar-refractivity contribution >= 4 is 11.7 Å². The van der Waals surface area contributed by atoms with E-state index >= 15 is 0 Å². The van der Waals surface area contributed by atoms with Crippen molar-refractivity contribution in [2.45, 2.75) is 69.6 Å². The molecule has 42 heavy (non-hydrogen) atoms. The van der Waals surface area contributed by atoms with E-state index in [1.807, 2.05) is 6.92 Å². The highest BCUT2D eigenvalue weighted by Crippen LogP contribution is 2.62. The third kappa shape index (κ3) is 5.38. The SMILES string of the molecule is CCON=C1C[C@H](n2nncc2C(=O)OC)[C@@]2(O)Oc3ccc(O)cc3[C@H]3[C@H](CCCCO)[C@@H](CCCCO)C=C1[C@H]32. The molecular weight excluding hydrogens is 544 g/mol. The molecule has 1 aromatic carbocycles. The number of unbranched alkanes of at least 4 members (excludes halogenated alkanes) is 2. The number of ether oxygens (including phenoxy) is 2. The number of aliphatic hydroxyl groups is 3. The Balaban J connectivity index is 1.72. The Kier molecular flexibility index (Phi) is 9.14. The van der Waals surface area contributed by atoms with E-state index in [2.05, 4.69) is 21.5 Å². The first-order chi connectivity index (χ1) is 20.4. The second-order valence-electron chi connectivity index (χ2n) is 11.2. The molecule has 1 aliphatic heterocycles. The number of oxime groups is 1. The van der Waals surface area contributed by atoms with Gasteiger partial charge < -0.3 is 34.7 Å². The minimum Gasteiger partial charge on any atom is -0.508 e. The van der Waals surface area contributed by atoms with Gasteiger partial charge in [0.05, 0.1) is 24.9 Å². The fraction of sp³-hybridized carbons (Fsp3) is 0.600. The molecule has 1 fully saturated rings.